The summed E-state index contributed by atoms with van der Waals surface area (Å²) < 4.78 is 4.81. The van der Waals surface area contributed by atoms with E-state index < -0.39 is 0 Å². The van der Waals surface area contributed by atoms with Gasteiger partial charge in [-0.3, -0.25) is 0 Å². The van der Waals surface area contributed by atoms with E-state index in [9.17, 15) is 10.2 Å². The summed E-state index contributed by atoms with van der Waals surface area (Å²) in [4.78, 5) is 0. The van der Waals surface area contributed by atoms with Gasteiger partial charge in [-0.05, 0) is 189 Å². The standard InChI is InChI=1S/C96H74N2O2/c99-93-79(65-25-9-1-10-26-65)53-77(54-80(93)66-27-11-2-12-28-66)97-89(69-33-17-5-18-34-69)49-73(50-90(97)70-35-19-6-20-36-70)63-41-45-75(46-42-63)95-57-83-86-60-96(61-87(83)85(59-95)88(62-96)84(86)58-95)76-47-43-64(44-48-76)74-51-91(71-37-21-7-22-38-71)98(92(52-74)72-39-23-8-24-40-72)78-55-81(67-29-13-3-14-30-67)94(100)82(56-78)68-31-15-4-16-32-68/h1-56,83-88H,57-62H2/p+2. The Labute approximate surface area is 586 Å². The van der Waals surface area contributed by atoms with Crippen molar-refractivity contribution in [3.05, 3.63) is 351 Å². The lowest BCUT2D eigenvalue weighted by Crippen LogP contribution is -2.69. The number of nitrogens with zero attached hydrogens (tertiary/aromatic N) is 2. The van der Waals surface area contributed by atoms with Crippen LogP contribution in [0.1, 0.15) is 49.7 Å². The number of hydrogen-bond acceptors (Lipinski definition) is 2. The van der Waals surface area contributed by atoms with Crippen LogP contribution in [0.15, 0.2) is 340 Å². The molecule has 2 aromatic heterocycles. The smallest absolute Gasteiger partial charge is 0.219 e. The molecule has 7 fully saturated rings. The van der Waals surface area contributed by atoms with E-state index >= 15 is 0 Å². The van der Waals surface area contributed by atoms with Gasteiger partial charge in [-0.25, -0.2) is 0 Å². The molecule has 4 nitrogen and oxygen atoms in total. The molecule has 0 unspecified atom stereocenters. The summed E-state index contributed by atoms with van der Waals surface area (Å²) in [7, 11) is 0. The fourth-order valence-electron chi connectivity index (χ4n) is 19.9. The lowest BCUT2D eigenvalue weighted by molar-refractivity contribution is -0.572. The first-order valence-electron chi connectivity index (χ1n) is 35.9. The van der Waals surface area contributed by atoms with Crippen LogP contribution in [0.2, 0.25) is 0 Å². The minimum absolute atomic E-state index is 0.221. The summed E-state index contributed by atoms with van der Waals surface area (Å²) in [6.45, 7) is 0. The zero-order chi connectivity index (χ0) is 66.5. The van der Waals surface area contributed by atoms with Crippen molar-refractivity contribution < 1.29 is 19.3 Å². The van der Waals surface area contributed by atoms with Crippen LogP contribution in [0.25, 0.3) is 123 Å². The van der Waals surface area contributed by atoms with E-state index in [1.54, 1.807) is 11.1 Å². The first-order chi connectivity index (χ1) is 49.3. The van der Waals surface area contributed by atoms with Crippen LogP contribution in [0.4, 0.5) is 0 Å². The molecule has 21 rings (SSSR count). The molecule has 100 heavy (non-hydrogen) atoms. The minimum atomic E-state index is 0.221. The van der Waals surface area contributed by atoms with Crippen molar-refractivity contribution in [2.45, 2.75) is 49.4 Å². The normalized spacial score (nSPS) is 21.3. The third-order valence-corrected chi connectivity index (χ3v) is 24.2. The van der Waals surface area contributed by atoms with E-state index in [1.807, 2.05) is 72.8 Å². The largest absolute Gasteiger partial charge is 0.507 e. The zero-order valence-corrected chi connectivity index (χ0v) is 55.8. The van der Waals surface area contributed by atoms with Gasteiger partial charge in [-0.2, -0.15) is 9.13 Å². The molecule has 0 atom stereocenters. The number of pyridine rings is 2. The van der Waals surface area contributed by atoms with Gasteiger partial charge in [0.1, 0.15) is 11.5 Å². The molecule has 0 spiro atoms. The summed E-state index contributed by atoms with van der Waals surface area (Å²) in [6.07, 6.45) is 7.88. The Hall–Kier alpha value is -11.5. The van der Waals surface area contributed by atoms with E-state index in [0.29, 0.717) is 0 Å². The van der Waals surface area contributed by atoms with Gasteiger partial charge in [-0.1, -0.05) is 243 Å². The fourth-order valence-corrected chi connectivity index (χ4v) is 19.9. The van der Waals surface area contributed by atoms with E-state index in [-0.39, 0.29) is 22.3 Å². The fraction of sp³-hybridized carbons (Fsp3) is 0.146. The predicted octanol–water partition coefficient (Wildman–Crippen LogP) is 22.6. The van der Waals surface area contributed by atoms with Gasteiger partial charge in [-0.15, -0.1) is 0 Å². The van der Waals surface area contributed by atoms with Crippen LogP contribution in [0, 0.1) is 35.5 Å². The number of aromatic nitrogens is 2. The van der Waals surface area contributed by atoms with Gasteiger partial charge in [0.05, 0.1) is 0 Å². The molecule has 0 amide bonds. The van der Waals surface area contributed by atoms with Gasteiger partial charge < -0.3 is 10.2 Å². The van der Waals surface area contributed by atoms with Crippen LogP contribution in [-0.4, -0.2) is 10.2 Å². The van der Waals surface area contributed by atoms with Crippen LogP contribution >= 0.6 is 0 Å². The predicted molar refractivity (Wildman–Crippen MR) is 406 cm³/mol. The Balaban J connectivity index is 0.642. The maximum Gasteiger partial charge on any atom is 0.219 e. The number of rotatable bonds is 14. The average Bonchev–Trinajstić information content (AvgIpc) is 0.667. The molecule has 7 aliphatic carbocycles. The van der Waals surface area contributed by atoms with Crippen molar-refractivity contribution >= 4 is 0 Å². The lowest BCUT2D eigenvalue weighted by Gasteiger charge is -2.75. The van der Waals surface area contributed by atoms with Crippen molar-refractivity contribution in [3.8, 4) is 135 Å². The van der Waals surface area contributed by atoms with Gasteiger partial charge in [0.15, 0.2) is 0 Å². The van der Waals surface area contributed by atoms with E-state index in [4.69, 9.17) is 0 Å². The van der Waals surface area contributed by atoms with E-state index in [0.717, 1.165) is 136 Å². The van der Waals surface area contributed by atoms with Gasteiger partial charge >= 0.3 is 0 Å². The third kappa shape index (κ3) is 10.1. The Morgan fingerprint density at radius 1 is 0.210 bits per heavy atom. The molecule has 0 radical (unpaired) electrons. The van der Waals surface area contributed by atoms with E-state index in [2.05, 4.69) is 276 Å². The highest BCUT2D eigenvalue weighted by atomic mass is 16.3. The number of aromatic hydroxyl groups is 2. The summed E-state index contributed by atoms with van der Waals surface area (Å²) >= 11 is 0. The molecule has 14 aromatic rings. The van der Waals surface area contributed by atoms with Gasteiger partial charge in [0, 0.05) is 93.0 Å². The average molecular weight is 1290 g/mol. The van der Waals surface area contributed by atoms with Crippen molar-refractivity contribution in [1.29, 1.82) is 0 Å². The molecular weight excluding hydrogens is 1210 g/mol. The number of hydrogen-bond donors (Lipinski definition) is 2. The topological polar surface area (TPSA) is 48.2 Å². The molecule has 7 saturated carbocycles. The Kier molecular flexibility index (Phi) is 14.5. The second-order valence-corrected chi connectivity index (χ2v) is 29.3. The quantitative estimate of drug-likeness (QED) is 0.107. The molecule has 2 heterocycles. The lowest BCUT2D eigenvalue weighted by atomic mass is 9.29. The van der Waals surface area contributed by atoms with Crippen molar-refractivity contribution in [2.75, 3.05) is 0 Å². The maximum absolute atomic E-state index is 12.2. The van der Waals surface area contributed by atoms with Crippen LogP contribution in [0.3, 0.4) is 0 Å². The molecule has 0 saturated heterocycles. The second-order valence-electron chi connectivity index (χ2n) is 29.3. The van der Waals surface area contributed by atoms with Crippen molar-refractivity contribution in [3.63, 3.8) is 0 Å². The Morgan fingerprint density at radius 3 is 0.620 bits per heavy atom. The Bertz CT molecular complexity index is 4730. The van der Waals surface area contributed by atoms with Crippen molar-refractivity contribution in [1.82, 2.24) is 0 Å². The molecule has 8 bridgehead atoms. The monoisotopic (exact) mass is 1290 g/mol. The van der Waals surface area contributed by atoms with Gasteiger partial charge in [0.25, 0.3) is 0 Å². The molecular formula is C96H76N2O2+2. The SMILES string of the molecule is Oc1c(-c2ccccc2)cc(-[n+]2c(-c3ccccc3)cc(-c3ccc(C45CC6C7CC8(c9ccc(-c%10cc(-c%11ccccc%11)[n+](-c%11cc(-c%12ccccc%12)c(O)c(-c%12ccccc%12)c%11)c(-c%11ccccc%11)c%10)cc9)CC6C(C4)C(C8)C7C5)cc3)cc2-c2ccccc2)cc1-c1ccccc1. The summed E-state index contributed by atoms with van der Waals surface area (Å²) in [6, 6.07) is 122. The van der Waals surface area contributed by atoms with Crippen LogP contribution < -0.4 is 9.13 Å². The number of phenols is 2. The first kappa shape index (κ1) is 59.8. The maximum atomic E-state index is 12.2. The molecule has 2 N–H and O–H groups in total. The second kappa shape index (κ2) is 24.2. The van der Waals surface area contributed by atoms with Crippen LogP contribution in [0.5, 0.6) is 11.5 Å². The summed E-state index contributed by atoms with van der Waals surface area (Å²) in [5, 5.41) is 24.4. The van der Waals surface area contributed by atoms with Gasteiger partial charge in [0.2, 0.25) is 34.2 Å². The van der Waals surface area contributed by atoms with E-state index in [1.165, 1.54) is 60.8 Å². The highest BCUT2D eigenvalue weighted by Gasteiger charge is 2.70. The molecule has 4 heteroatoms. The van der Waals surface area contributed by atoms with Crippen LogP contribution in [-0.2, 0) is 10.8 Å². The molecule has 12 aromatic carbocycles. The minimum Gasteiger partial charge on any atom is -0.507 e. The number of benzene rings is 12. The molecule has 7 aliphatic rings. The highest BCUT2D eigenvalue weighted by Crippen LogP contribution is 2.77. The molecule has 480 valence electrons. The summed E-state index contributed by atoms with van der Waals surface area (Å²) in [5.74, 6) is 5.22. The Morgan fingerprint density at radius 2 is 0.410 bits per heavy atom. The first-order valence-corrected chi connectivity index (χ1v) is 35.9. The zero-order valence-electron chi connectivity index (χ0n) is 55.8. The van der Waals surface area contributed by atoms with Crippen molar-refractivity contribution in [2.24, 2.45) is 35.5 Å². The third-order valence-electron chi connectivity index (χ3n) is 24.2. The highest BCUT2D eigenvalue weighted by molar-refractivity contribution is 5.87. The molecule has 0 aliphatic heterocycles. The number of phenolic OH excluding ortho intramolecular Hbond substituents is 2. The summed E-state index contributed by atoms with van der Waals surface area (Å²) in [5.41, 5.74) is 26.0.